The molecule has 0 aliphatic carbocycles. The molecule has 0 fully saturated rings. The molecule has 5 nitrogen and oxygen atoms in total. The molecular weight excluding hydrogens is 314 g/mol. The first-order valence-corrected chi connectivity index (χ1v) is 8.78. The van der Waals surface area contributed by atoms with Crippen LogP contribution in [-0.2, 0) is 13.0 Å². The summed E-state index contributed by atoms with van der Waals surface area (Å²) in [7, 11) is 0. The van der Waals surface area contributed by atoms with Gasteiger partial charge >= 0.3 is 0 Å². The standard InChI is InChI=1S/C20H23N3O2/c1-2-3-9-22-19(24)17-11-18(13-21-12-17)20(25)23-10-8-15-6-4-5-7-16(15)14-23/h4-7,11-13H,2-3,8-10,14H2,1H3,(H,22,24). The number of carbonyl (C=O) groups excluding carboxylic acids is 2. The van der Waals surface area contributed by atoms with Crippen molar-refractivity contribution >= 4 is 11.8 Å². The van der Waals surface area contributed by atoms with Crippen LogP contribution in [0.15, 0.2) is 42.7 Å². The molecule has 0 saturated heterocycles. The minimum atomic E-state index is -0.181. The van der Waals surface area contributed by atoms with Gasteiger partial charge in [-0.1, -0.05) is 37.6 Å². The Morgan fingerprint density at radius 3 is 2.72 bits per heavy atom. The zero-order valence-electron chi connectivity index (χ0n) is 14.5. The van der Waals surface area contributed by atoms with Crippen molar-refractivity contribution in [2.24, 2.45) is 0 Å². The molecule has 1 aromatic heterocycles. The average molecular weight is 337 g/mol. The van der Waals surface area contributed by atoms with Gasteiger partial charge in [-0.15, -0.1) is 0 Å². The number of pyridine rings is 1. The molecule has 1 aromatic carbocycles. The number of rotatable bonds is 5. The maximum absolute atomic E-state index is 12.8. The molecule has 0 atom stereocenters. The van der Waals surface area contributed by atoms with Crippen molar-refractivity contribution in [1.29, 1.82) is 0 Å². The van der Waals surface area contributed by atoms with E-state index in [4.69, 9.17) is 0 Å². The second-order valence-corrected chi connectivity index (χ2v) is 6.32. The maximum Gasteiger partial charge on any atom is 0.255 e. The fraction of sp³-hybridized carbons (Fsp3) is 0.350. The largest absolute Gasteiger partial charge is 0.352 e. The van der Waals surface area contributed by atoms with Crippen molar-refractivity contribution < 1.29 is 9.59 Å². The molecule has 0 saturated carbocycles. The van der Waals surface area contributed by atoms with Crippen LogP contribution in [0.2, 0.25) is 0 Å². The Morgan fingerprint density at radius 1 is 1.16 bits per heavy atom. The number of carbonyl (C=O) groups is 2. The molecule has 0 unspecified atom stereocenters. The van der Waals surface area contributed by atoms with Crippen LogP contribution in [0.4, 0.5) is 0 Å². The third kappa shape index (κ3) is 4.05. The van der Waals surface area contributed by atoms with Crippen LogP contribution >= 0.6 is 0 Å². The Morgan fingerprint density at radius 2 is 1.92 bits per heavy atom. The van der Waals surface area contributed by atoms with Gasteiger partial charge in [0.25, 0.3) is 11.8 Å². The number of nitrogens with one attached hydrogen (secondary N) is 1. The Balaban J connectivity index is 1.71. The summed E-state index contributed by atoms with van der Waals surface area (Å²) in [6.45, 7) is 3.99. The van der Waals surface area contributed by atoms with Gasteiger partial charge in [0.15, 0.2) is 0 Å². The van der Waals surface area contributed by atoms with Gasteiger partial charge in [0.05, 0.1) is 11.1 Å². The van der Waals surface area contributed by atoms with E-state index in [1.165, 1.54) is 23.5 Å². The van der Waals surface area contributed by atoms with Crippen molar-refractivity contribution in [1.82, 2.24) is 15.2 Å². The zero-order chi connectivity index (χ0) is 17.6. The number of unbranched alkanes of at least 4 members (excludes halogenated alkanes) is 1. The molecule has 1 N–H and O–H groups in total. The summed E-state index contributed by atoms with van der Waals surface area (Å²) < 4.78 is 0. The molecule has 2 amide bonds. The van der Waals surface area contributed by atoms with Crippen molar-refractivity contribution in [2.75, 3.05) is 13.1 Å². The van der Waals surface area contributed by atoms with Crippen LogP contribution in [0.5, 0.6) is 0 Å². The lowest BCUT2D eigenvalue weighted by Crippen LogP contribution is -2.36. The molecule has 130 valence electrons. The fourth-order valence-electron chi connectivity index (χ4n) is 3.01. The SMILES string of the molecule is CCCCNC(=O)c1cncc(C(=O)N2CCc3ccccc3C2)c1. The molecule has 0 spiro atoms. The highest BCUT2D eigenvalue weighted by molar-refractivity contribution is 5.99. The Hall–Kier alpha value is -2.69. The number of hydrogen-bond donors (Lipinski definition) is 1. The predicted octanol–water partition coefficient (Wildman–Crippen LogP) is 2.81. The number of aromatic nitrogens is 1. The highest BCUT2D eigenvalue weighted by atomic mass is 16.2. The Labute approximate surface area is 148 Å². The number of fused-ring (bicyclic) bond motifs is 1. The summed E-state index contributed by atoms with van der Waals surface area (Å²) in [6, 6.07) is 9.83. The van der Waals surface area contributed by atoms with Crippen molar-refractivity contribution in [3.05, 3.63) is 65.0 Å². The maximum atomic E-state index is 12.8. The van der Waals surface area contributed by atoms with Crippen LogP contribution in [0.3, 0.4) is 0 Å². The van der Waals surface area contributed by atoms with Crippen molar-refractivity contribution in [3.63, 3.8) is 0 Å². The summed E-state index contributed by atoms with van der Waals surface area (Å²) in [5, 5.41) is 2.85. The lowest BCUT2D eigenvalue weighted by atomic mass is 9.99. The first kappa shape index (κ1) is 17.1. The second-order valence-electron chi connectivity index (χ2n) is 6.32. The van der Waals surface area contributed by atoms with E-state index in [0.29, 0.717) is 30.8 Å². The normalized spacial score (nSPS) is 13.2. The zero-order valence-corrected chi connectivity index (χ0v) is 14.5. The molecule has 5 heteroatoms. The van der Waals surface area contributed by atoms with E-state index < -0.39 is 0 Å². The quantitative estimate of drug-likeness (QED) is 0.854. The van der Waals surface area contributed by atoms with Gasteiger partial charge in [-0.2, -0.15) is 0 Å². The summed E-state index contributed by atoms with van der Waals surface area (Å²) >= 11 is 0. The predicted molar refractivity (Wildman–Crippen MR) is 96.4 cm³/mol. The Kier molecular flexibility index (Phi) is 5.43. The van der Waals surface area contributed by atoms with Crippen molar-refractivity contribution in [3.8, 4) is 0 Å². The minimum absolute atomic E-state index is 0.0785. The summed E-state index contributed by atoms with van der Waals surface area (Å²) in [6.07, 6.45) is 5.85. The van der Waals surface area contributed by atoms with Crippen LogP contribution in [0.25, 0.3) is 0 Å². The summed E-state index contributed by atoms with van der Waals surface area (Å²) in [5.74, 6) is -0.259. The van der Waals surface area contributed by atoms with Crippen LogP contribution < -0.4 is 5.32 Å². The second kappa shape index (κ2) is 7.92. The van der Waals surface area contributed by atoms with E-state index in [1.807, 2.05) is 17.0 Å². The molecule has 1 aliphatic rings. The fourth-order valence-corrected chi connectivity index (χ4v) is 3.01. The molecule has 3 rings (SSSR count). The van der Waals surface area contributed by atoms with E-state index in [2.05, 4.69) is 29.4 Å². The lowest BCUT2D eigenvalue weighted by molar-refractivity contribution is 0.0734. The topological polar surface area (TPSA) is 62.3 Å². The van der Waals surface area contributed by atoms with Gasteiger partial charge in [-0.25, -0.2) is 0 Å². The van der Waals surface area contributed by atoms with Gasteiger partial charge in [0.2, 0.25) is 0 Å². The van der Waals surface area contributed by atoms with E-state index in [1.54, 1.807) is 6.07 Å². The minimum Gasteiger partial charge on any atom is -0.352 e. The first-order valence-electron chi connectivity index (χ1n) is 8.78. The summed E-state index contributed by atoms with van der Waals surface area (Å²) in [4.78, 5) is 30.9. The molecule has 1 aliphatic heterocycles. The van der Waals surface area contributed by atoms with Gasteiger partial charge < -0.3 is 10.2 Å². The molecule has 2 heterocycles. The number of amides is 2. The van der Waals surface area contributed by atoms with E-state index >= 15 is 0 Å². The highest BCUT2D eigenvalue weighted by Crippen LogP contribution is 2.20. The van der Waals surface area contributed by atoms with Gasteiger partial charge in [-0.05, 0) is 30.0 Å². The Bertz CT molecular complexity index is 773. The third-order valence-corrected chi connectivity index (χ3v) is 4.48. The van der Waals surface area contributed by atoms with Crippen LogP contribution in [0, 0.1) is 0 Å². The average Bonchev–Trinajstić information content (AvgIpc) is 2.67. The number of nitrogens with zero attached hydrogens (tertiary/aromatic N) is 2. The van der Waals surface area contributed by atoms with E-state index in [9.17, 15) is 9.59 Å². The molecule has 2 aromatic rings. The highest BCUT2D eigenvalue weighted by Gasteiger charge is 2.22. The number of benzene rings is 1. The third-order valence-electron chi connectivity index (χ3n) is 4.48. The van der Waals surface area contributed by atoms with E-state index in [0.717, 1.165) is 19.3 Å². The number of hydrogen-bond acceptors (Lipinski definition) is 3. The van der Waals surface area contributed by atoms with Crippen molar-refractivity contribution in [2.45, 2.75) is 32.7 Å². The van der Waals surface area contributed by atoms with E-state index in [-0.39, 0.29) is 11.8 Å². The van der Waals surface area contributed by atoms with Gasteiger partial charge in [0, 0.05) is 32.0 Å². The first-order chi connectivity index (χ1) is 12.2. The van der Waals surface area contributed by atoms with Gasteiger partial charge in [0.1, 0.15) is 0 Å². The van der Waals surface area contributed by atoms with Crippen LogP contribution in [-0.4, -0.2) is 34.8 Å². The molecule has 25 heavy (non-hydrogen) atoms. The monoisotopic (exact) mass is 337 g/mol. The molecule has 0 bridgehead atoms. The van der Waals surface area contributed by atoms with Gasteiger partial charge in [-0.3, -0.25) is 14.6 Å². The molecular formula is C20H23N3O2. The lowest BCUT2D eigenvalue weighted by Gasteiger charge is -2.28. The molecule has 0 radical (unpaired) electrons. The van der Waals surface area contributed by atoms with Crippen LogP contribution in [0.1, 0.15) is 51.6 Å². The summed E-state index contributed by atoms with van der Waals surface area (Å²) in [5.41, 5.74) is 3.37. The smallest absolute Gasteiger partial charge is 0.255 e.